The first-order valence-electron chi connectivity index (χ1n) is 9.27. The van der Waals surface area contributed by atoms with Crippen LogP contribution in [0.2, 0.25) is 0 Å². The van der Waals surface area contributed by atoms with Gasteiger partial charge in [-0.3, -0.25) is 4.79 Å². The Morgan fingerprint density at radius 2 is 2.15 bits per heavy atom. The molecule has 1 fully saturated rings. The summed E-state index contributed by atoms with van der Waals surface area (Å²) in [7, 11) is 1.92. The van der Waals surface area contributed by atoms with E-state index in [4.69, 9.17) is 0 Å². The molecule has 6 heteroatoms. The first-order chi connectivity index (χ1) is 13.0. The maximum absolute atomic E-state index is 13.5. The van der Waals surface area contributed by atoms with E-state index in [1.165, 1.54) is 12.1 Å². The maximum atomic E-state index is 13.5. The molecule has 140 valence electrons. The zero-order chi connectivity index (χ0) is 19.0. The minimum absolute atomic E-state index is 0.0209. The number of nitrogens with zero attached hydrogens (tertiary/aromatic N) is 2. The van der Waals surface area contributed by atoms with E-state index in [9.17, 15) is 9.18 Å². The Balaban J connectivity index is 1.60. The Kier molecular flexibility index (Phi) is 4.66. The van der Waals surface area contributed by atoms with Gasteiger partial charge >= 0.3 is 0 Å². The fourth-order valence-electron chi connectivity index (χ4n) is 3.68. The van der Waals surface area contributed by atoms with Crippen LogP contribution in [0.3, 0.4) is 0 Å². The Bertz CT molecular complexity index is 1000. The van der Waals surface area contributed by atoms with E-state index in [0.717, 1.165) is 54.1 Å². The number of hydrogen-bond acceptors (Lipinski definition) is 3. The molecular formula is C21H23FN4O. The molecule has 1 atom stereocenters. The molecular weight excluding hydrogens is 343 g/mol. The normalized spacial score (nSPS) is 17.2. The molecule has 27 heavy (non-hydrogen) atoms. The number of carbonyl (C=O) groups is 1. The fourth-order valence-corrected chi connectivity index (χ4v) is 3.68. The number of halogens is 1. The van der Waals surface area contributed by atoms with Crippen molar-refractivity contribution in [1.29, 1.82) is 0 Å². The molecule has 2 heterocycles. The summed E-state index contributed by atoms with van der Waals surface area (Å²) in [5, 5.41) is 6.32. The van der Waals surface area contributed by atoms with Gasteiger partial charge in [0, 0.05) is 30.9 Å². The minimum atomic E-state index is -0.293. The third kappa shape index (κ3) is 3.45. The van der Waals surface area contributed by atoms with E-state index in [-0.39, 0.29) is 17.6 Å². The van der Waals surface area contributed by atoms with Crippen molar-refractivity contribution in [1.82, 2.24) is 14.9 Å². The van der Waals surface area contributed by atoms with Crippen molar-refractivity contribution in [2.24, 2.45) is 13.0 Å². The molecule has 1 aromatic heterocycles. The van der Waals surface area contributed by atoms with Gasteiger partial charge in [-0.05, 0) is 62.2 Å². The third-order valence-corrected chi connectivity index (χ3v) is 5.25. The highest BCUT2D eigenvalue weighted by Gasteiger charge is 2.21. The van der Waals surface area contributed by atoms with Crippen molar-refractivity contribution in [3.05, 3.63) is 47.8 Å². The SMILES string of the molecule is Cc1cc(-c2nc3cc(F)ccc3n2C)ccc1NC(=O)C1CCCNC1. The van der Waals surface area contributed by atoms with Crippen LogP contribution in [0.1, 0.15) is 18.4 Å². The number of aromatic nitrogens is 2. The number of aryl methyl sites for hydroxylation is 2. The first kappa shape index (κ1) is 17.7. The predicted molar refractivity (Wildman–Crippen MR) is 105 cm³/mol. The zero-order valence-corrected chi connectivity index (χ0v) is 15.6. The molecule has 2 aromatic carbocycles. The Morgan fingerprint density at radius 1 is 1.30 bits per heavy atom. The van der Waals surface area contributed by atoms with Gasteiger partial charge < -0.3 is 15.2 Å². The standard InChI is InChI=1S/C21H23FN4O/c1-13-10-14(20-24-18-11-16(22)6-8-19(18)26(20)2)5-7-17(13)25-21(27)15-4-3-9-23-12-15/h5-8,10-11,15,23H,3-4,9,12H2,1-2H3,(H,25,27). The maximum Gasteiger partial charge on any atom is 0.228 e. The topological polar surface area (TPSA) is 59.0 Å². The Labute approximate surface area is 157 Å². The van der Waals surface area contributed by atoms with Crippen LogP contribution in [0.15, 0.2) is 36.4 Å². The van der Waals surface area contributed by atoms with Crippen LogP contribution < -0.4 is 10.6 Å². The second-order valence-corrected chi connectivity index (χ2v) is 7.19. The van der Waals surface area contributed by atoms with Gasteiger partial charge in [-0.2, -0.15) is 0 Å². The van der Waals surface area contributed by atoms with E-state index in [1.807, 2.05) is 36.7 Å². The lowest BCUT2D eigenvalue weighted by atomic mass is 9.98. The number of nitrogens with one attached hydrogen (secondary N) is 2. The lowest BCUT2D eigenvalue weighted by Crippen LogP contribution is -2.37. The van der Waals surface area contributed by atoms with Crippen LogP contribution in [0.4, 0.5) is 10.1 Å². The van der Waals surface area contributed by atoms with Gasteiger partial charge in [-0.15, -0.1) is 0 Å². The molecule has 1 aliphatic rings. The largest absolute Gasteiger partial charge is 0.327 e. The summed E-state index contributed by atoms with van der Waals surface area (Å²) in [5.74, 6) is 0.565. The van der Waals surface area contributed by atoms with Crippen molar-refractivity contribution in [3.8, 4) is 11.4 Å². The molecule has 0 radical (unpaired) electrons. The highest BCUT2D eigenvalue weighted by Crippen LogP contribution is 2.28. The van der Waals surface area contributed by atoms with Gasteiger partial charge in [0.05, 0.1) is 17.0 Å². The summed E-state index contributed by atoms with van der Waals surface area (Å²) in [6.07, 6.45) is 1.95. The average molecular weight is 366 g/mol. The van der Waals surface area contributed by atoms with Gasteiger partial charge in [0.25, 0.3) is 0 Å². The second kappa shape index (κ2) is 7.12. The van der Waals surface area contributed by atoms with E-state index < -0.39 is 0 Å². The predicted octanol–water partition coefficient (Wildman–Crippen LogP) is 3.63. The van der Waals surface area contributed by atoms with Crippen LogP contribution in [0.25, 0.3) is 22.4 Å². The molecule has 4 rings (SSSR count). The number of amides is 1. The van der Waals surface area contributed by atoms with E-state index in [2.05, 4.69) is 15.6 Å². The van der Waals surface area contributed by atoms with Crippen molar-refractivity contribution < 1.29 is 9.18 Å². The summed E-state index contributed by atoms with van der Waals surface area (Å²) < 4.78 is 15.4. The molecule has 1 saturated heterocycles. The Morgan fingerprint density at radius 3 is 2.89 bits per heavy atom. The van der Waals surface area contributed by atoms with Crippen LogP contribution >= 0.6 is 0 Å². The monoisotopic (exact) mass is 366 g/mol. The van der Waals surface area contributed by atoms with E-state index in [0.29, 0.717) is 5.52 Å². The zero-order valence-electron chi connectivity index (χ0n) is 15.6. The molecule has 0 saturated carbocycles. The summed E-state index contributed by atoms with van der Waals surface area (Å²) in [6, 6.07) is 10.5. The van der Waals surface area contributed by atoms with Gasteiger partial charge in [-0.25, -0.2) is 9.37 Å². The van der Waals surface area contributed by atoms with Crippen LogP contribution in [-0.4, -0.2) is 28.5 Å². The number of imidazole rings is 1. The minimum Gasteiger partial charge on any atom is -0.327 e. The molecule has 5 nitrogen and oxygen atoms in total. The van der Waals surface area contributed by atoms with Crippen LogP contribution in [0.5, 0.6) is 0 Å². The van der Waals surface area contributed by atoms with Crippen molar-refractivity contribution >= 4 is 22.6 Å². The van der Waals surface area contributed by atoms with E-state index >= 15 is 0 Å². The quantitative estimate of drug-likeness (QED) is 0.744. The lowest BCUT2D eigenvalue weighted by molar-refractivity contribution is -0.120. The highest BCUT2D eigenvalue weighted by atomic mass is 19.1. The summed E-state index contributed by atoms with van der Waals surface area (Å²) in [4.78, 5) is 17.1. The number of fused-ring (bicyclic) bond motifs is 1. The van der Waals surface area contributed by atoms with Crippen molar-refractivity contribution in [3.63, 3.8) is 0 Å². The lowest BCUT2D eigenvalue weighted by Gasteiger charge is -2.22. The number of carbonyl (C=O) groups excluding carboxylic acids is 1. The smallest absolute Gasteiger partial charge is 0.228 e. The molecule has 3 aromatic rings. The van der Waals surface area contributed by atoms with Crippen molar-refractivity contribution in [2.45, 2.75) is 19.8 Å². The fraction of sp³-hybridized carbons (Fsp3) is 0.333. The van der Waals surface area contributed by atoms with Gasteiger partial charge in [0.1, 0.15) is 11.6 Å². The molecule has 0 aliphatic carbocycles. The van der Waals surface area contributed by atoms with Gasteiger partial charge in [0.15, 0.2) is 0 Å². The molecule has 2 N–H and O–H groups in total. The van der Waals surface area contributed by atoms with Gasteiger partial charge in [-0.1, -0.05) is 0 Å². The van der Waals surface area contributed by atoms with E-state index in [1.54, 1.807) is 6.07 Å². The molecule has 1 unspecified atom stereocenters. The summed E-state index contributed by atoms with van der Waals surface area (Å²) >= 11 is 0. The number of rotatable bonds is 3. The third-order valence-electron chi connectivity index (χ3n) is 5.25. The summed E-state index contributed by atoms with van der Waals surface area (Å²) in [5.41, 5.74) is 4.24. The Hall–Kier alpha value is -2.73. The molecule has 0 spiro atoms. The van der Waals surface area contributed by atoms with Crippen LogP contribution in [0, 0.1) is 18.7 Å². The molecule has 1 aliphatic heterocycles. The number of anilines is 1. The molecule has 1 amide bonds. The summed E-state index contributed by atoms with van der Waals surface area (Å²) in [6.45, 7) is 3.69. The number of piperidine rings is 1. The average Bonchev–Trinajstić information content (AvgIpc) is 3.00. The molecule has 0 bridgehead atoms. The van der Waals surface area contributed by atoms with Crippen LogP contribution in [-0.2, 0) is 11.8 Å². The first-order valence-corrected chi connectivity index (χ1v) is 9.27. The number of hydrogen-bond donors (Lipinski definition) is 2. The highest BCUT2D eigenvalue weighted by molar-refractivity contribution is 5.94. The number of benzene rings is 2. The second-order valence-electron chi connectivity index (χ2n) is 7.19. The van der Waals surface area contributed by atoms with Gasteiger partial charge in [0.2, 0.25) is 5.91 Å². The van der Waals surface area contributed by atoms with Crippen molar-refractivity contribution in [2.75, 3.05) is 18.4 Å².